The average Bonchev–Trinajstić information content (AvgIpc) is 2.33. The van der Waals surface area contributed by atoms with Crippen molar-refractivity contribution < 1.29 is 13.6 Å². The van der Waals surface area contributed by atoms with Crippen LogP contribution in [0.2, 0.25) is 0 Å². The molecule has 0 saturated carbocycles. The van der Waals surface area contributed by atoms with Crippen LogP contribution in [0.25, 0.3) is 0 Å². The SMILES string of the molecule is C[C@@H]1CCC[C@H](C)N1C(=O)c1cc(N)c(F)cc1F. The topological polar surface area (TPSA) is 46.3 Å². The highest BCUT2D eigenvalue weighted by Crippen LogP contribution is 2.26. The molecule has 1 heterocycles. The number of nitrogen functional groups attached to an aromatic ring is 1. The van der Waals surface area contributed by atoms with Gasteiger partial charge >= 0.3 is 0 Å². The molecule has 1 amide bonds. The van der Waals surface area contributed by atoms with Gasteiger partial charge < -0.3 is 10.6 Å². The maximum Gasteiger partial charge on any atom is 0.257 e. The summed E-state index contributed by atoms with van der Waals surface area (Å²) < 4.78 is 26.9. The number of carbonyl (C=O) groups is 1. The van der Waals surface area contributed by atoms with Gasteiger partial charge in [0.1, 0.15) is 11.6 Å². The maximum absolute atomic E-state index is 13.7. The lowest BCUT2D eigenvalue weighted by atomic mass is 9.96. The number of nitrogens with zero attached hydrogens (tertiary/aromatic N) is 1. The van der Waals surface area contributed by atoms with Crippen molar-refractivity contribution in [2.75, 3.05) is 5.73 Å². The summed E-state index contributed by atoms with van der Waals surface area (Å²) in [5, 5.41) is 0. The Kier molecular flexibility index (Phi) is 3.73. The Morgan fingerprint density at radius 1 is 1.21 bits per heavy atom. The van der Waals surface area contributed by atoms with Gasteiger partial charge in [0.25, 0.3) is 5.91 Å². The van der Waals surface area contributed by atoms with Crippen molar-refractivity contribution in [1.82, 2.24) is 4.90 Å². The molecule has 1 aliphatic rings. The monoisotopic (exact) mass is 268 g/mol. The molecular formula is C14H18F2N2O. The Balaban J connectivity index is 2.35. The number of halogens is 2. The van der Waals surface area contributed by atoms with Crippen LogP contribution in [-0.4, -0.2) is 22.9 Å². The highest BCUT2D eigenvalue weighted by molar-refractivity contribution is 5.95. The van der Waals surface area contributed by atoms with Crippen LogP contribution in [0.3, 0.4) is 0 Å². The van der Waals surface area contributed by atoms with Crippen LogP contribution < -0.4 is 5.73 Å². The van der Waals surface area contributed by atoms with Crippen LogP contribution in [0.1, 0.15) is 43.5 Å². The number of hydrogen-bond acceptors (Lipinski definition) is 2. The normalized spacial score (nSPS) is 23.5. The van der Waals surface area contributed by atoms with Crippen LogP contribution >= 0.6 is 0 Å². The van der Waals surface area contributed by atoms with Crippen LogP contribution in [0.15, 0.2) is 12.1 Å². The number of anilines is 1. The zero-order valence-electron chi connectivity index (χ0n) is 11.1. The lowest BCUT2D eigenvalue weighted by Gasteiger charge is -2.39. The van der Waals surface area contributed by atoms with Gasteiger partial charge in [0.2, 0.25) is 0 Å². The quantitative estimate of drug-likeness (QED) is 0.796. The van der Waals surface area contributed by atoms with E-state index in [0.717, 1.165) is 25.3 Å². The van der Waals surface area contributed by atoms with Gasteiger partial charge in [-0.15, -0.1) is 0 Å². The van der Waals surface area contributed by atoms with E-state index in [0.29, 0.717) is 6.07 Å². The number of benzene rings is 1. The molecular weight excluding hydrogens is 250 g/mol. The molecule has 1 fully saturated rings. The Morgan fingerprint density at radius 3 is 2.37 bits per heavy atom. The summed E-state index contributed by atoms with van der Waals surface area (Å²) in [6.07, 6.45) is 2.85. The van der Waals surface area contributed by atoms with E-state index >= 15 is 0 Å². The number of nitrogens with two attached hydrogens (primary N) is 1. The van der Waals surface area contributed by atoms with Gasteiger partial charge in [0, 0.05) is 18.2 Å². The minimum absolute atomic E-state index is 0.0573. The standard InChI is InChI=1S/C14H18F2N2O/c1-8-4-3-5-9(2)18(8)14(19)10-6-13(17)12(16)7-11(10)15/h6-9H,3-5,17H2,1-2H3/t8-,9+. The predicted octanol–water partition coefficient (Wildman–Crippen LogP) is 2.95. The van der Waals surface area contributed by atoms with E-state index in [1.807, 2.05) is 13.8 Å². The van der Waals surface area contributed by atoms with Crippen molar-refractivity contribution in [2.24, 2.45) is 0 Å². The fraction of sp³-hybridized carbons (Fsp3) is 0.500. The molecule has 0 bridgehead atoms. The lowest BCUT2D eigenvalue weighted by molar-refractivity contribution is 0.0506. The summed E-state index contributed by atoms with van der Waals surface area (Å²) in [5.74, 6) is -2.11. The van der Waals surface area contributed by atoms with Crippen LogP contribution in [0, 0.1) is 11.6 Å². The number of rotatable bonds is 1. The third-order valence-electron chi connectivity index (χ3n) is 3.74. The highest BCUT2D eigenvalue weighted by Gasteiger charge is 2.31. The Morgan fingerprint density at radius 2 is 1.79 bits per heavy atom. The molecule has 2 N–H and O–H groups in total. The lowest BCUT2D eigenvalue weighted by Crippen LogP contribution is -2.47. The van der Waals surface area contributed by atoms with Crippen LogP contribution in [0.5, 0.6) is 0 Å². The summed E-state index contributed by atoms with van der Waals surface area (Å²) in [5.41, 5.74) is 5.05. The van der Waals surface area contributed by atoms with E-state index in [9.17, 15) is 13.6 Å². The zero-order valence-corrected chi connectivity index (χ0v) is 11.1. The fourth-order valence-electron chi connectivity index (χ4n) is 2.69. The first-order chi connectivity index (χ1) is 8.91. The van der Waals surface area contributed by atoms with E-state index in [1.165, 1.54) is 0 Å². The largest absolute Gasteiger partial charge is 0.396 e. The van der Waals surface area contributed by atoms with Crippen molar-refractivity contribution in [3.63, 3.8) is 0 Å². The van der Waals surface area contributed by atoms with Gasteiger partial charge in [-0.2, -0.15) is 0 Å². The molecule has 0 radical (unpaired) electrons. The average molecular weight is 268 g/mol. The second-order valence-electron chi connectivity index (χ2n) is 5.19. The molecule has 104 valence electrons. The fourth-order valence-corrected chi connectivity index (χ4v) is 2.69. The molecule has 1 aromatic rings. The van der Waals surface area contributed by atoms with Crippen molar-refractivity contribution in [1.29, 1.82) is 0 Å². The van der Waals surface area contributed by atoms with Gasteiger partial charge in [0.05, 0.1) is 11.3 Å². The smallest absolute Gasteiger partial charge is 0.257 e. The molecule has 2 atom stereocenters. The molecule has 1 aromatic carbocycles. The highest BCUT2D eigenvalue weighted by atomic mass is 19.1. The van der Waals surface area contributed by atoms with E-state index in [1.54, 1.807) is 4.90 Å². The minimum Gasteiger partial charge on any atom is -0.396 e. The number of piperidine rings is 1. The maximum atomic E-state index is 13.7. The Hall–Kier alpha value is -1.65. The van der Waals surface area contributed by atoms with Crippen molar-refractivity contribution in [3.8, 4) is 0 Å². The first kappa shape index (κ1) is 13.8. The van der Waals surface area contributed by atoms with Crippen molar-refractivity contribution in [3.05, 3.63) is 29.3 Å². The summed E-state index contributed by atoms with van der Waals surface area (Å²) in [7, 11) is 0. The summed E-state index contributed by atoms with van der Waals surface area (Å²) in [6, 6.07) is 1.87. The Labute approximate surface area is 111 Å². The molecule has 2 rings (SSSR count). The first-order valence-electron chi connectivity index (χ1n) is 6.49. The number of amides is 1. The zero-order chi connectivity index (χ0) is 14.2. The van der Waals surface area contributed by atoms with E-state index in [-0.39, 0.29) is 23.3 Å². The third kappa shape index (κ3) is 2.55. The third-order valence-corrected chi connectivity index (χ3v) is 3.74. The molecule has 0 aliphatic carbocycles. The van der Waals surface area contributed by atoms with E-state index < -0.39 is 17.5 Å². The molecule has 0 aromatic heterocycles. The van der Waals surface area contributed by atoms with Gasteiger partial charge in [-0.05, 0) is 39.2 Å². The number of carbonyl (C=O) groups excluding carboxylic acids is 1. The van der Waals surface area contributed by atoms with Gasteiger partial charge in [-0.25, -0.2) is 8.78 Å². The molecule has 3 nitrogen and oxygen atoms in total. The number of likely N-dealkylation sites (tertiary alicyclic amines) is 1. The molecule has 5 heteroatoms. The molecule has 0 unspecified atom stereocenters. The number of hydrogen-bond donors (Lipinski definition) is 1. The van der Waals surface area contributed by atoms with Gasteiger partial charge in [-0.3, -0.25) is 4.79 Å². The molecule has 0 spiro atoms. The predicted molar refractivity (Wildman–Crippen MR) is 69.7 cm³/mol. The minimum atomic E-state index is -0.860. The van der Waals surface area contributed by atoms with Crippen LogP contribution in [-0.2, 0) is 0 Å². The second kappa shape index (κ2) is 5.15. The first-order valence-corrected chi connectivity index (χ1v) is 6.49. The van der Waals surface area contributed by atoms with E-state index in [4.69, 9.17) is 5.73 Å². The van der Waals surface area contributed by atoms with Crippen molar-refractivity contribution in [2.45, 2.75) is 45.2 Å². The molecule has 1 aliphatic heterocycles. The second-order valence-corrected chi connectivity index (χ2v) is 5.19. The molecule has 1 saturated heterocycles. The Bertz CT molecular complexity index is 494. The summed E-state index contributed by atoms with van der Waals surface area (Å²) in [4.78, 5) is 14.1. The van der Waals surface area contributed by atoms with E-state index in [2.05, 4.69) is 0 Å². The molecule has 19 heavy (non-hydrogen) atoms. The summed E-state index contributed by atoms with van der Waals surface area (Å²) in [6.45, 7) is 3.89. The van der Waals surface area contributed by atoms with Gasteiger partial charge in [-0.1, -0.05) is 0 Å². The van der Waals surface area contributed by atoms with Crippen molar-refractivity contribution >= 4 is 11.6 Å². The summed E-state index contributed by atoms with van der Waals surface area (Å²) >= 11 is 0. The van der Waals surface area contributed by atoms with Crippen LogP contribution in [0.4, 0.5) is 14.5 Å². The van der Waals surface area contributed by atoms with Gasteiger partial charge in [0.15, 0.2) is 0 Å².